The highest BCUT2D eigenvalue weighted by Crippen LogP contribution is 2.32. The molecule has 0 atom stereocenters. The molecule has 9 heteroatoms. The van der Waals surface area contributed by atoms with E-state index in [0.717, 1.165) is 5.56 Å². The first kappa shape index (κ1) is 21.6. The average molecular weight is 502 g/mol. The van der Waals surface area contributed by atoms with Crippen LogP contribution in [0.4, 0.5) is 0 Å². The van der Waals surface area contributed by atoms with E-state index < -0.39 is 0 Å². The summed E-state index contributed by atoms with van der Waals surface area (Å²) in [5.74, 6) is 0.547. The van der Waals surface area contributed by atoms with E-state index in [1.165, 1.54) is 0 Å². The van der Waals surface area contributed by atoms with E-state index in [1.807, 2.05) is 47.0 Å². The first-order valence-corrected chi connectivity index (χ1v) is 11.5. The molecular weight excluding hydrogens is 485 g/mol. The fourth-order valence-electron chi connectivity index (χ4n) is 4.21. The summed E-state index contributed by atoms with van der Waals surface area (Å²) in [5.41, 5.74) is 4.28. The monoisotopic (exact) mass is 501 g/mol. The molecule has 3 heterocycles. The van der Waals surface area contributed by atoms with Crippen molar-refractivity contribution in [1.82, 2.24) is 24.1 Å². The molecular formula is C26H17Cl2N5O2. The van der Waals surface area contributed by atoms with Gasteiger partial charge in [-0.25, -0.2) is 15.0 Å². The minimum atomic E-state index is -0.210. The molecule has 0 aliphatic carbocycles. The van der Waals surface area contributed by atoms with Gasteiger partial charge in [0.25, 0.3) is 5.56 Å². The second-order valence-corrected chi connectivity index (χ2v) is 8.89. The van der Waals surface area contributed by atoms with Crippen LogP contribution in [0.2, 0.25) is 10.0 Å². The molecule has 3 aromatic carbocycles. The topological polar surface area (TPSA) is 74.8 Å². The molecule has 0 N–H and O–H groups in total. The summed E-state index contributed by atoms with van der Waals surface area (Å²) in [6.45, 7) is 0.348. The van der Waals surface area contributed by atoms with E-state index in [9.17, 15) is 4.79 Å². The second-order valence-electron chi connectivity index (χ2n) is 8.04. The lowest BCUT2D eigenvalue weighted by molar-refractivity contribution is 0.415. The number of ether oxygens (including phenoxy) is 1. The van der Waals surface area contributed by atoms with Gasteiger partial charge in [-0.05, 0) is 48.0 Å². The molecule has 6 aromatic rings. The Hall–Kier alpha value is -3.94. The Morgan fingerprint density at radius 1 is 0.914 bits per heavy atom. The molecule has 35 heavy (non-hydrogen) atoms. The quantitative estimate of drug-likeness (QED) is 0.312. The summed E-state index contributed by atoms with van der Waals surface area (Å²) in [6.07, 6.45) is 1.54. The van der Waals surface area contributed by atoms with Gasteiger partial charge in [-0.1, -0.05) is 47.5 Å². The fraction of sp³-hybridized carbons (Fsp3) is 0.0769. The number of para-hydroxylation sites is 2. The van der Waals surface area contributed by atoms with Gasteiger partial charge >= 0.3 is 0 Å². The number of hydrogen-bond donors (Lipinski definition) is 0. The van der Waals surface area contributed by atoms with Crippen molar-refractivity contribution >= 4 is 56.4 Å². The van der Waals surface area contributed by atoms with Gasteiger partial charge in [0.15, 0.2) is 11.3 Å². The first-order valence-electron chi connectivity index (χ1n) is 10.8. The summed E-state index contributed by atoms with van der Waals surface area (Å²) in [6, 6.07) is 20.3. The number of fused-ring (bicyclic) bond motifs is 4. The highest BCUT2D eigenvalue weighted by Gasteiger charge is 2.21. The number of hydrogen-bond acceptors (Lipinski definition) is 5. The number of halogens is 2. The Morgan fingerprint density at radius 3 is 2.37 bits per heavy atom. The first-order chi connectivity index (χ1) is 17.0. The zero-order valence-corrected chi connectivity index (χ0v) is 20.0. The molecule has 0 unspecified atom stereocenters. The van der Waals surface area contributed by atoms with Crippen molar-refractivity contribution in [2.45, 2.75) is 6.54 Å². The van der Waals surface area contributed by atoms with Gasteiger partial charge in [0.05, 0.1) is 35.4 Å². The van der Waals surface area contributed by atoms with Crippen LogP contribution < -0.4 is 10.3 Å². The van der Waals surface area contributed by atoms with E-state index >= 15 is 0 Å². The normalized spacial score (nSPS) is 11.5. The zero-order chi connectivity index (χ0) is 24.1. The van der Waals surface area contributed by atoms with Crippen molar-refractivity contribution in [3.05, 3.63) is 99.0 Å². The Kier molecular flexibility index (Phi) is 5.16. The predicted octanol–water partition coefficient (Wildman–Crippen LogP) is 5.65. The molecule has 0 bridgehead atoms. The summed E-state index contributed by atoms with van der Waals surface area (Å²) < 4.78 is 8.67. The third-order valence-corrected chi connectivity index (χ3v) is 6.44. The lowest BCUT2D eigenvalue weighted by Gasteiger charge is -2.10. The second kappa shape index (κ2) is 8.37. The minimum Gasteiger partial charge on any atom is -0.495 e. The van der Waals surface area contributed by atoms with Crippen LogP contribution in [-0.4, -0.2) is 31.2 Å². The Labute approximate surface area is 209 Å². The van der Waals surface area contributed by atoms with Crippen LogP contribution in [0.15, 0.2) is 77.9 Å². The third-order valence-electron chi connectivity index (χ3n) is 5.89. The molecule has 0 spiro atoms. The van der Waals surface area contributed by atoms with Crippen molar-refractivity contribution in [3.8, 4) is 11.4 Å². The number of rotatable bonds is 4. The number of nitrogens with zero attached hydrogens (tertiary/aromatic N) is 5. The lowest BCUT2D eigenvalue weighted by atomic mass is 10.2. The molecule has 6 rings (SSSR count). The summed E-state index contributed by atoms with van der Waals surface area (Å²) in [5, 5.41) is 1.46. The van der Waals surface area contributed by atoms with Crippen molar-refractivity contribution in [3.63, 3.8) is 0 Å². The van der Waals surface area contributed by atoms with Crippen LogP contribution >= 0.6 is 23.2 Å². The van der Waals surface area contributed by atoms with E-state index in [-0.39, 0.29) is 5.56 Å². The number of aromatic nitrogens is 5. The van der Waals surface area contributed by atoms with Crippen LogP contribution in [0, 0.1) is 0 Å². The van der Waals surface area contributed by atoms with Gasteiger partial charge in [-0.2, -0.15) is 0 Å². The number of benzene rings is 3. The maximum Gasteiger partial charge on any atom is 0.265 e. The Bertz CT molecular complexity index is 1810. The molecule has 7 nitrogen and oxygen atoms in total. The summed E-state index contributed by atoms with van der Waals surface area (Å²) >= 11 is 12.4. The van der Waals surface area contributed by atoms with Crippen molar-refractivity contribution in [2.75, 3.05) is 7.11 Å². The van der Waals surface area contributed by atoms with Gasteiger partial charge < -0.3 is 4.74 Å². The zero-order valence-electron chi connectivity index (χ0n) is 18.4. The molecule has 0 fully saturated rings. The van der Waals surface area contributed by atoms with Crippen LogP contribution in [0.1, 0.15) is 5.56 Å². The van der Waals surface area contributed by atoms with Crippen LogP contribution in [-0.2, 0) is 6.54 Å². The summed E-state index contributed by atoms with van der Waals surface area (Å²) in [4.78, 5) is 28.1. The molecule has 0 aliphatic heterocycles. The molecule has 0 saturated carbocycles. The molecule has 0 aliphatic rings. The van der Waals surface area contributed by atoms with E-state index in [2.05, 4.69) is 4.98 Å². The minimum absolute atomic E-state index is 0.210. The standard InChI is InChI=1S/C26H17Cl2N5O2/c1-35-21-11-10-17(12-18(21)28)33-24-22(23-25(33)31-20-5-3-2-4-19(20)30-23)26(34)32(14-29-24)13-15-6-8-16(27)9-7-15/h2-12,14H,13H2,1H3. The van der Waals surface area contributed by atoms with Gasteiger partial charge in [-0.15, -0.1) is 0 Å². The molecule has 0 amide bonds. The molecule has 3 aromatic heterocycles. The highest BCUT2D eigenvalue weighted by molar-refractivity contribution is 6.32. The predicted molar refractivity (Wildman–Crippen MR) is 138 cm³/mol. The van der Waals surface area contributed by atoms with E-state index in [4.69, 9.17) is 37.9 Å². The van der Waals surface area contributed by atoms with Crippen LogP contribution in [0.3, 0.4) is 0 Å². The molecule has 0 radical (unpaired) electrons. The van der Waals surface area contributed by atoms with Crippen molar-refractivity contribution in [2.24, 2.45) is 0 Å². The van der Waals surface area contributed by atoms with Crippen molar-refractivity contribution in [1.29, 1.82) is 0 Å². The maximum absolute atomic E-state index is 13.7. The van der Waals surface area contributed by atoms with Gasteiger partial charge in [-0.3, -0.25) is 13.9 Å². The highest BCUT2D eigenvalue weighted by atomic mass is 35.5. The number of methoxy groups -OCH3 is 1. The van der Waals surface area contributed by atoms with Gasteiger partial charge in [0.1, 0.15) is 23.0 Å². The third kappa shape index (κ3) is 3.60. The van der Waals surface area contributed by atoms with Crippen molar-refractivity contribution < 1.29 is 4.74 Å². The van der Waals surface area contributed by atoms with E-state index in [0.29, 0.717) is 61.3 Å². The molecule has 0 saturated heterocycles. The summed E-state index contributed by atoms with van der Waals surface area (Å²) in [7, 11) is 1.56. The largest absolute Gasteiger partial charge is 0.495 e. The Balaban J connectivity index is 1.66. The molecule has 172 valence electrons. The van der Waals surface area contributed by atoms with Gasteiger partial charge in [0.2, 0.25) is 0 Å². The SMILES string of the molecule is COc1ccc(-n2c3nc4ccccc4nc3c3c(=O)n(Cc4ccc(Cl)cc4)cnc32)cc1Cl. The fourth-order valence-corrected chi connectivity index (χ4v) is 4.59. The van der Waals surface area contributed by atoms with Gasteiger partial charge in [0, 0.05) is 5.02 Å². The van der Waals surface area contributed by atoms with Crippen LogP contribution in [0.5, 0.6) is 5.75 Å². The lowest BCUT2D eigenvalue weighted by Crippen LogP contribution is -2.21. The Morgan fingerprint density at radius 2 is 1.66 bits per heavy atom. The van der Waals surface area contributed by atoms with Crippen LogP contribution in [0.25, 0.3) is 38.9 Å². The maximum atomic E-state index is 13.7. The smallest absolute Gasteiger partial charge is 0.265 e. The average Bonchev–Trinajstić information content (AvgIpc) is 3.19. The van der Waals surface area contributed by atoms with E-state index in [1.54, 1.807) is 42.3 Å².